The summed E-state index contributed by atoms with van der Waals surface area (Å²) in [6, 6.07) is 18.6. The molecule has 0 radical (unpaired) electrons. The Morgan fingerprint density at radius 1 is 1.00 bits per heavy atom. The minimum absolute atomic E-state index is 0.0554. The Morgan fingerprint density at radius 2 is 1.65 bits per heavy atom. The van der Waals surface area contributed by atoms with Crippen LogP contribution in [0.1, 0.15) is 47.9 Å². The number of amides is 1. The summed E-state index contributed by atoms with van der Waals surface area (Å²) in [5.74, 6) is 0.540. The minimum atomic E-state index is -3.71. The highest BCUT2D eigenvalue weighted by atomic mass is 32.2. The lowest BCUT2D eigenvalue weighted by molar-refractivity contribution is -0.121. The van der Waals surface area contributed by atoms with Crippen LogP contribution in [0.5, 0.6) is 0 Å². The Kier molecular flexibility index (Phi) is 7.64. The fourth-order valence-corrected chi connectivity index (χ4v) is 4.75. The summed E-state index contributed by atoms with van der Waals surface area (Å²) in [6.45, 7) is 4.40. The predicted octanol–water partition coefficient (Wildman–Crippen LogP) is 4.43. The molecule has 0 bridgehead atoms. The lowest BCUT2D eigenvalue weighted by atomic mass is 9.98. The van der Waals surface area contributed by atoms with Crippen molar-refractivity contribution in [3.05, 3.63) is 87.6 Å². The first-order valence-electron chi connectivity index (χ1n) is 10.3. The third kappa shape index (κ3) is 6.75. The van der Waals surface area contributed by atoms with Crippen molar-refractivity contribution >= 4 is 27.3 Å². The second-order valence-corrected chi connectivity index (χ2v) is 10.6. The van der Waals surface area contributed by atoms with Crippen LogP contribution in [0.4, 0.5) is 0 Å². The van der Waals surface area contributed by atoms with E-state index in [1.54, 1.807) is 23.5 Å². The van der Waals surface area contributed by atoms with Gasteiger partial charge in [-0.1, -0.05) is 56.3 Å². The van der Waals surface area contributed by atoms with Crippen molar-refractivity contribution in [2.75, 3.05) is 0 Å². The minimum Gasteiger partial charge on any atom is -0.344 e. The van der Waals surface area contributed by atoms with Gasteiger partial charge in [-0.15, -0.1) is 11.3 Å². The maximum atomic E-state index is 12.7. The number of rotatable bonds is 9. The fourth-order valence-electron chi connectivity index (χ4n) is 3.43. The van der Waals surface area contributed by atoms with Gasteiger partial charge >= 0.3 is 0 Å². The standard InChI is InChI=1S/C24H28N2O3S2/c1-17(2)16-19-5-10-20(11-6-19)24(22-4-3-15-30-22)26-23(27)14-9-18-7-12-21(13-8-18)31(25,28)29/h3-8,10-13,15,17,24H,9,14,16H2,1-2H3,(H,26,27)(H2,25,28,29)/t24-/m1/s1. The average Bonchev–Trinajstić information content (AvgIpc) is 3.25. The topological polar surface area (TPSA) is 89.3 Å². The zero-order chi connectivity index (χ0) is 22.4. The van der Waals surface area contributed by atoms with E-state index in [2.05, 4.69) is 43.4 Å². The maximum Gasteiger partial charge on any atom is 0.238 e. The van der Waals surface area contributed by atoms with Crippen LogP contribution in [0, 0.1) is 5.92 Å². The second-order valence-electron chi connectivity index (χ2n) is 8.04. The molecular formula is C24H28N2O3S2. The van der Waals surface area contributed by atoms with E-state index in [4.69, 9.17) is 5.14 Å². The van der Waals surface area contributed by atoms with E-state index in [0.29, 0.717) is 18.8 Å². The SMILES string of the molecule is CC(C)Cc1ccc([C@@H](NC(=O)CCc2ccc(S(N)(=O)=O)cc2)c2cccs2)cc1. The molecule has 0 unspecified atom stereocenters. The van der Waals surface area contributed by atoms with Gasteiger partial charge in [0.15, 0.2) is 0 Å². The molecular weight excluding hydrogens is 428 g/mol. The molecule has 0 aliphatic carbocycles. The summed E-state index contributed by atoms with van der Waals surface area (Å²) in [5, 5.41) is 10.3. The molecule has 1 atom stereocenters. The number of aryl methyl sites for hydroxylation is 1. The van der Waals surface area contributed by atoms with E-state index in [0.717, 1.165) is 22.4 Å². The van der Waals surface area contributed by atoms with Crippen molar-refractivity contribution in [2.45, 2.75) is 44.0 Å². The number of primary sulfonamides is 1. The first-order chi connectivity index (χ1) is 14.7. The number of sulfonamides is 1. The smallest absolute Gasteiger partial charge is 0.238 e. The van der Waals surface area contributed by atoms with Crippen LogP contribution < -0.4 is 10.5 Å². The molecule has 7 heteroatoms. The normalized spacial score (nSPS) is 12.6. The Hall–Kier alpha value is -2.48. The number of benzene rings is 2. The summed E-state index contributed by atoms with van der Waals surface area (Å²) in [6.07, 6.45) is 1.85. The van der Waals surface area contributed by atoms with E-state index in [1.165, 1.54) is 17.7 Å². The molecule has 5 nitrogen and oxygen atoms in total. The van der Waals surface area contributed by atoms with Crippen LogP contribution in [0.25, 0.3) is 0 Å². The van der Waals surface area contributed by atoms with Crippen molar-refractivity contribution in [1.82, 2.24) is 5.32 Å². The predicted molar refractivity (Wildman–Crippen MR) is 125 cm³/mol. The molecule has 0 aliphatic heterocycles. The summed E-state index contributed by atoms with van der Waals surface area (Å²) in [7, 11) is -3.71. The highest BCUT2D eigenvalue weighted by Gasteiger charge is 2.18. The number of carbonyl (C=O) groups excluding carboxylic acids is 1. The van der Waals surface area contributed by atoms with E-state index < -0.39 is 10.0 Å². The molecule has 3 aromatic rings. The van der Waals surface area contributed by atoms with Gasteiger partial charge in [0.2, 0.25) is 15.9 Å². The summed E-state index contributed by atoms with van der Waals surface area (Å²) in [4.78, 5) is 13.9. The van der Waals surface area contributed by atoms with Crippen molar-refractivity contribution in [1.29, 1.82) is 0 Å². The third-order valence-electron chi connectivity index (χ3n) is 4.98. The molecule has 1 heterocycles. The van der Waals surface area contributed by atoms with Gasteiger partial charge in [-0.2, -0.15) is 0 Å². The second kappa shape index (κ2) is 10.2. The van der Waals surface area contributed by atoms with Crippen LogP contribution in [0.3, 0.4) is 0 Å². The van der Waals surface area contributed by atoms with Crippen LogP contribution >= 0.6 is 11.3 Å². The van der Waals surface area contributed by atoms with Gasteiger partial charge in [-0.3, -0.25) is 4.79 Å². The first kappa shape index (κ1) is 23.2. The molecule has 31 heavy (non-hydrogen) atoms. The van der Waals surface area contributed by atoms with Crippen molar-refractivity contribution < 1.29 is 13.2 Å². The van der Waals surface area contributed by atoms with Crippen molar-refractivity contribution in [3.8, 4) is 0 Å². The van der Waals surface area contributed by atoms with E-state index in [1.807, 2.05) is 17.5 Å². The monoisotopic (exact) mass is 456 g/mol. The first-order valence-corrected chi connectivity index (χ1v) is 12.7. The Bertz CT molecular complexity index is 1090. The molecule has 0 aliphatic rings. The molecule has 0 saturated carbocycles. The van der Waals surface area contributed by atoms with Gasteiger partial charge in [0.1, 0.15) is 0 Å². The molecule has 1 amide bonds. The van der Waals surface area contributed by atoms with Crippen molar-refractivity contribution in [3.63, 3.8) is 0 Å². The quantitative estimate of drug-likeness (QED) is 0.499. The lowest BCUT2D eigenvalue weighted by Crippen LogP contribution is -2.29. The van der Waals surface area contributed by atoms with Gasteiger partial charge < -0.3 is 5.32 Å². The van der Waals surface area contributed by atoms with E-state index >= 15 is 0 Å². The molecule has 0 saturated heterocycles. The largest absolute Gasteiger partial charge is 0.344 e. The molecule has 1 aromatic heterocycles. The van der Waals surface area contributed by atoms with E-state index in [-0.39, 0.29) is 16.8 Å². The fraction of sp³-hybridized carbons (Fsp3) is 0.292. The van der Waals surface area contributed by atoms with Crippen LogP contribution in [-0.4, -0.2) is 14.3 Å². The third-order valence-corrected chi connectivity index (χ3v) is 6.85. The Morgan fingerprint density at radius 3 is 2.19 bits per heavy atom. The van der Waals surface area contributed by atoms with Gasteiger partial charge in [0.05, 0.1) is 10.9 Å². The van der Waals surface area contributed by atoms with Crippen LogP contribution in [0.2, 0.25) is 0 Å². The summed E-state index contributed by atoms with van der Waals surface area (Å²) in [5.41, 5.74) is 3.23. The Balaban J connectivity index is 1.67. The number of nitrogens with one attached hydrogen (secondary N) is 1. The summed E-state index contributed by atoms with van der Waals surface area (Å²) < 4.78 is 22.7. The number of carbonyl (C=O) groups is 1. The molecule has 2 aromatic carbocycles. The molecule has 3 N–H and O–H groups in total. The highest BCUT2D eigenvalue weighted by Crippen LogP contribution is 2.27. The maximum absolute atomic E-state index is 12.7. The Labute approximate surface area is 188 Å². The lowest BCUT2D eigenvalue weighted by Gasteiger charge is -2.19. The molecule has 0 spiro atoms. The number of nitrogens with two attached hydrogens (primary N) is 1. The van der Waals surface area contributed by atoms with E-state index in [9.17, 15) is 13.2 Å². The van der Waals surface area contributed by atoms with Gasteiger partial charge in [-0.05, 0) is 59.0 Å². The highest BCUT2D eigenvalue weighted by molar-refractivity contribution is 7.89. The van der Waals surface area contributed by atoms with Crippen LogP contribution in [0.15, 0.2) is 70.9 Å². The molecule has 0 fully saturated rings. The van der Waals surface area contributed by atoms with Gasteiger partial charge in [0, 0.05) is 11.3 Å². The number of hydrogen-bond donors (Lipinski definition) is 2. The van der Waals surface area contributed by atoms with Crippen molar-refractivity contribution in [2.24, 2.45) is 11.1 Å². The molecule has 164 valence electrons. The van der Waals surface area contributed by atoms with Crippen LogP contribution in [-0.2, 0) is 27.7 Å². The summed E-state index contributed by atoms with van der Waals surface area (Å²) >= 11 is 1.62. The number of hydrogen-bond acceptors (Lipinski definition) is 4. The molecule has 3 rings (SSSR count). The zero-order valence-corrected chi connectivity index (χ0v) is 19.4. The number of thiophene rings is 1. The average molecular weight is 457 g/mol. The zero-order valence-electron chi connectivity index (χ0n) is 17.7. The van der Waals surface area contributed by atoms with Gasteiger partial charge in [0.25, 0.3) is 0 Å². The van der Waals surface area contributed by atoms with Gasteiger partial charge in [-0.25, -0.2) is 13.6 Å².